The van der Waals surface area contributed by atoms with Crippen molar-refractivity contribution in [3.05, 3.63) is 54.6 Å². The summed E-state index contributed by atoms with van der Waals surface area (Å²) < 4.78 is 14.2. The quantitative estimate of drug-likeness (QED) is 0.819. The fraction of sp³-hybridized carbons (Fsp3) is 0.471. The Morgan fingerprint density at radius 3 is 2.86 bits per heavy atom. The van der Waals surface area contributed by atoms with Crippen molar-refractivity contribution in [2.24, 2.45) is 0 Å². The first-order valence-corrected chi connectivity index (χ1v) is 7.57. The summed E-state index contributed by atoms with van der Waals surface area (Å²) >= 11 is 0. The standard InChI is InChI=1S/C17H22N2O2/c1-15-13-20-17(21-15,12-16-6-3-2-4-7-16)8-5-10-19-11-9-18-14-19/h2-4,6-7,9,11,14-15H,5,8,10,12-13H2,1H3. The molecular formula is C17H22N2O2. The van der Waals surface area contributed by atoms with Gasteiger partial charge in [-0.1, -0.05) is 30.3 Å². The van der Waals surface area contributed by atoms with E-state index in [1.807, 2.05) is 24.8 Å². The highest BCUT2D eigenvalue weighted by molar-refractivity contribution is 5.16. The molecule has 1 aromatic carbocycles. The Morgan fingerprint density at radius 1 is 1.33 bits per heavy atom. The zero-order valence-electron chi connectivity index (χ0n) is 12.4. The number of hydrogen-bond acceptors (Lipinski definition) is 3. The molecule has 2 aromatic rings. The Hall–Kier alpha value is -1.65. The highest BCUT2D eigenvalue weighted by Crippen LogP contribution is 2.32. The minimum atomic E-state index is -0.471. The van der Waals surface area contributed by atoms with Crippen molar-refractivity contribution >= 4 is 0 Å². The molecule has 1 fully saturated rings. The first-order valence-electron chi connectivity index (χ1n) is 7.57. The average molecular weight is 286 g/mol. The van der Waals surface area contributed by atoms with Crippen molar-refractivity contribution in [3.8, 4) is 0 Å². The number of ether oxygens (including phenoxy) is 2. The van der Waals surface area contributed by atoms with Gasteiger partial charge in [-0.3, -0.25) is 0 Å². The van der Waals surface area contributed by atoms with Crippen LogP contribution in [0.2, 0.25) is 0 Å². The van der Waals surface area contributed by atoms with Crippen LogP contribution in [0.25, 0.3) is 0 Å². The predicted molar refractivity (Wildman–Crippen MR) is 80.8 cm³/mol. The molecule has 0 spiro atoms. The first kappa shape index (κ1) is 14.3. The van der Waals surface area contributed by atoms with Gasteiger partial charge in [-0.2, -0.15) is 0 Å². The molecule has 1 aliphatic rings. The summed E-state index contributed by atoms with van der Waals surface area (Å²) in [4.78, 5) is 4.07. The van der Waals surface area contributed by atoms with Crippen LogP contribution >= 0.6 is 0 Å². The number of nitrogens with zero attached hydrogens (tertiary/aromatic N) is 2. The maximum atomic E-state index is 6.13. The van der Waals surface area contributed by atoms with Gasteiger partial charge in [0.15, 0.2) is 5.79 Å². The van der Waals surface area contributed by atoms with Gasteiger partial charge in [0.2, 0.25) is 0 Å². The van der Waals surface area contributed by atoms with E-state index >= 15 is 0 Å². The molecule has 4 heteroatoms. The van der Waals surface area contributed by atoms with Gasteiger partial charge in [0.05, 0.1) is 19.0 Å². The lowest BCUT2D eigenvalue weighted by Crippen LogP contribution is -2.34. The normalized spacial score (nSPS) is 25.3. The third kappa shape index (κ3) is 3.71. The van der Waals surface area contributed by atoms with Gasteiger partial charge in [-0.05, 0) is 18.9 Å². The van der Waals surface area contributed by atoms with Crippen LogP contribution in [-0.2, 0) is 22.4 Å². The van der Waals surface area contributed by atoms with Crippen LogP contribution in [0.5, 0.6) is 0 Å². The summed E-state index contributed by atoms with van der Waals surface area (Å²) in [5.41, 5.74) is 1.26. The lowest BCUT2D eigenvalue weighted by molar-refractivity contribution is -0.171. The molecule has 112 valence electrons. The maximum absolute atomic E-state index is 6.13. The molecule has 2 atom stereocenters. The largest absolute Gasteiger partial charge is 0.347 e. The third-order valence-corrected chi connectivity index (χ3v) is 3.85. The number of hydrogen-bond donors (Lipinski definition) is 0. The van der Waals surface area contributed by atoms with Crippen LogP contribution in [-0.4, -0.2) is 28.0 Å². The summed E-state index contributed by atoms with van der Waals surface area (Å²) in [5.74, 6) is -0.471. The van der Waals surface area contributed by atoms with E-state index in [2.05, 4.69) is 40.7 Å². The Labute approximate surface area is 125 Å². The van der Waals surface area contributed by atoms with Crippen LogP contribution in [0, 0.1) is 0 Å². The summed E-state index contributed by atoms with van der Waals surface area (Å²) in [6.45, 7) is 3.69. The van der Waals surface area contributed by atoms with Crippen molar-refractivity contribution in [2.75, 3.05) is 6.61 Å². The molecular weight excluding hydrogens is 264 g/mol. The van der Waals surface area contributed by atoms with E-state index in [9.17, 15) is 0 Å². The van der Waals surface area contributed by atoms with E-state index in [0.29, 0.717) is 6.61 Å². The van der Waals surface area contributed by atoms with Crippen molar-refractivity contribution < 1.29 is 9.47 Å². The molecule has 1 aliphatic heterocycles. The molecule has 0 amide bonds. The molecule has 0 bridgehead atoms. The summed E-state index contributed by atoms with van der Waals surface area (Å²) in [7, 11) is 0. The van der Waals surface area contributed by atoms with Gasteiger partial charge in [0, 0.05) is 31.8 Å². The van der Waals surface area contributed by atoms with E-state index in [0.717, 1.165) is 25.8 Å². The van der Waals surface area contributed by atoms with Crippen LogP contribution in [0.4, 0.5) is 0 Å². The van der Waals surface area contributed by atoms with E-state index in [-0.39, 0.29) is 6.10 Å². The Balaban J connectivity index is 1.63. The van der Waals surface area contributed by atoms with Gasteiger partial charge < -0.3 is 14.0 Å². The molecule has 4 nitrogen and oxygen atoms in total. The predicted octanol–water partition coefficient (Wildman–Crippen LogP) is 3.04. The molecule has 0 N–H and O–H groups in total. The Morgan fingerprint density at radius 2 is 2.19 bits per heavy atom. The second-order valence-corrected chi connectivity index (χ2v) is 5.72. The number of rotatable bonds is 6. The molecule has 21 heavy (non-hydrogen) atoms. The minimum absolute atomic E-state index is 0.168. The zero-order chi connectivity index (χ0) is 14.5. The number of imidazole rings is 1. The van der Waals surface area contributed by atoms with Crippen molar-refractivity contribution in [1.82, 2.24) is 9.55 Å². The number of benzene rings is 1. The third-order valence-electron chi connectivity index (χ3n) is 3.85. The van der Waals surface area contributed by atoms with Crippen LogP contribution < -0.4 is 0 Å². The average Bonchev–Trinajstić information content (AvgIpc) is 3.11. The van der Waals surface area contributed by atoms with Crippen LogP contribution in [0.1, 0.15) is 25.3 Å². The number of aryl methyl sites for hydroxylation is 1. The molecule has 1 saturated heterocycles. The second kappa shape index (κ2) is 6.41. The lowest BCUT2D eigenvalue weighted by atomic mass is 10.0. The van der Waals surface area contributed by atoms with Crippen LogP contribution in [0.3, 0.4) is 0 Å². The summed E-state index contributed by atoms with van der Waals surface area (Å²) in [6.07, 6.45) is 8.53. The smallest absolute Gasteiger partial charge is 0.172 e. The Bertz CT molecular complexity index is 541. The van der Waals surface area contributed by atoms with E-state index in [1.165, 1.54) is 5.56 Å². The van der Waals surface area contributed by atoms with E-state index < -0.39 is 5.79 Å². The van der Waals surface area contributed by atoms with Crippen molar-refractivity contribution in [1.29, 1.82) is 0 Å². The monoisotopic (exact) mass is 286 g/mol. The molecule has 2 heterocycles. The molecule has 0 saturated carbocycles. The molecule has 0 radical (unpaired) electrons. The van der Waals surface area contributed by atoms with E-state index in [1.54, 1.807) is 0 Å². The first-order chi connectivity index (χ1) is 10.3. The molecule has 0 aliphatic carbocycles. The van der Waals surface area contributed by atoms with Crippen molar-refractivity contribution in [2.45, 2.75) is 44.6 Å². The second-order valence-electron chi connectivity index (χ2n) is 5.72. The summed E-state index contributed by atoms with van der Waals surface area (Å²) in [5, 5.41) is 0. The summed E-state index contributed by atoms with van der Waals surface area (Å²) in [6, 6.07) is 10.4. The topological polar surface area (TPSA) is 36.3 Å². The number of aromatic nitrogens is 2. The molecule has 2 unspecified atom stereocenters. The highest BCUT2D eigenvalue weighted by Gasteiger charge is 2.39. The maximum Gasteiger partial charge on any atom is 0.172 e. The Kier molecular flexibility index (Phi) is 4.36. The molecule has 1 aromatic heterocycles. The van der Waals surface area contributed by atoms with Gasteiger partial charge in [0.25, 0.3) is 0 Å². The van der Waals surface area contributed by atoms with Crippen LogP contribution in [0.15, 0.2) is 49.1 Å². The van der Waals surface area contributed by atoms with E-state index in [4.69, 9.17) is 9.47 Å². The minimum Gasteiger partial charge on any atom is -0.347 e. The van der Waals surface area contributed by atoms with Gasteiger partial charge in [-0.15, -0.1) is 0 Å². The molecule has 3 rings (SSSR count). The zero-order valence-corrected chi connectivity index (χ0v) is 12.4. The highest BCUT2D eigenvalue weighted by atomic mass is 16.7. The SMILES string of the molecule is CC1COC(CCCn2ccnc2)(Cc2ccccc2)O1. The fourth-order valence-electron chi connectivity index (χ4n) is 2.87. The lowest BCUT2D eigenvalue weighted by Gasteiger charge is -2.28. The van der Waals surface area contributed by atoms with Gasteiger partial charge >= 0.3 is 0 Å². The van der Waals surface area contributed by atoms with Gasteiger partial charge in [0.1, 0.15) is 0 Å². The fourth-order valence-corrected chi connectivity index (χ4v) is 2.87. The van der Waals surface area contributed by atoms with Gasteiger partial charge in [-0.25, -0.2) is 4.98 Å². The van der Waals surface area contributed by atoms with Crippen molar-refractivity contribution in [3.63, 3.8) is 0 Å².